The summed E-state index contributed by atoms with van der Waals surface area (Å²) in [5.74, 6) is 1.34. The molecule has 0 amide bonds. The Hall–Kier alpha value is -2.83. The van der Waals surface area contributed by atoms with Crippen molar-refractivity contribution in [3.8, 4) is 0 Å². The van der Waals surface area contributed by atoms with Crippen LogP contribution in [0, 0.1) is 5.92 Å². The van der Waals surface area contributed by atoms with Crippen LogP contribution in [0.5, 0.6) is 0 Å². The number of aryl methyl sites for hydroxylation is 1. The minimum absolute atomic E-state index is 0.333. The highest BCUT2D eigenvalue weighted by Gasteiger charge is 2.23. The lowest BCUT2D eigenvalue weighted by atomic mass is 9.90. The molecule has 1 fully saturated rings. The van der Waals surface area contributed by atoms with Crippen LogP contribution in [-0.4, -0.2) is 32.2 Å². The third-order valence-electron chi connectivity index (χ3n) is 5.36. The van der Waals surface area contributed by atoms with Gasteiger partial charge in [0.15, 0.2) is 11.2 Å². The van der Waals surface area contributed by atoms with Gasteiger partial charge in [0.2, 0.25) is 5.95 Å². The molecule has 1 saturated heterocycles. The molecule has 0 radical (unpaired) electrons. The lowest BCUT2D eigenvalue weighted by molar-refractivity contribution is 0.401. The number of benzene rings is 1. The second-order valence-corrected chi connectivity index (χ2v) is 7.08. The van der Waals surface area contributed by atoms with Crippen molar-refractivity contribution in [2.75, 3.05) is 18.0 Å². The first-order chi connectivity index (χ1) is 12.5. The number of hydrogen-bond donors (Lipinski definition) is 1. The fraction of sp³-hybridized carbons (Fsp3) is 0.421. The molecule has 26 heavy (non-hydrogen) atoms. The maximum absolute atomic E-state index is 12.3. The van der Waals surface area contributed by atoms with Crippen LogP contribution < -0.4 is 16.1 Å². The van der Waals surface area contributed by atoms with E-state index in [0.717, 1.165) is 36.9 Å². The van der Waals surface area contributed by atoms with Crippen molar-refractivity contribution in [3.05, 3.63) is 56.7 Å². The summed E-state index contributed by atoms with van der Waals surface area (Å²) < 4.78 is 2.52. The average Bonchev–Trinajstić information content (AvgIpc) is 3.12. The Kier molecular flexibility index (Phi) is 4.14. The van der Waals surface area contributed by atoms with Crippen LogP contribution in [0.15, 0.2) is 39.9 Å². The standard InChI is InChI=1S/C19H23N5O2/c1-22-16-15(17(25)23(2)19(22)26)20-18(21-16)24-10-8-14(9-11-24)12-13-6-4-3-5-7-13/h3-7,14H,8-12H2,1-2H3,(H,20,21). The van der Waals surface area contributed by atoms with Gasteiger partial charge in [-0.2, -0.15) is 4.98 Å². The van der Waals surface area contributed by atoms with E-state index in [-0.39, 0.29) is 11.2 Å². The minimum Gasteiger partial charge on any atom is -0.342 e. The van der Waals surface area contributed by atoms with Crippen LogP contribution >= 0.6 is 0 Å². The number of nitrogens with zero attached hydrogens (tertiary/aromatic N) is 4. The number of rotatable bonds is 3. The van der Waals surface area contributed by atoms with Gasteiger partial charge in [0, 0.05) is 27.2 Å². The van der Waals surface area contributed by atoms with Gasteiger partial charge >= 0.3 is 5.69 Å². The van der Waals surface area contributed by atoms with Gasteiger partial charge in [-0.3, -0.25) is 13.9 Å². The third kappa shape index (κ3) is 2.83. The first-order valence-corrected chi connectivity index (χ1v) is 8.99. The second-order valence-electron chi connectivity index (χ2n) is 7.08. The number of piperidine rings is 1. The molecule has 3 aromatic rings. The summed E-state index contributed by atoms with van der Waals surface area (Å²) in [6, 6.07) is 10.6. The van der Waals surface area contributed by atoms with Gasteiger partial charge < -0.3 is 9.88 Å². The first kappa shape index (κ1) is 16.6. The molecule has 2 aromatic heterocycles. The number of nitrogens with one attached hydrogen (secondary N) is 1. The van der Waals surface area contributed by atoms with Crippen molar-refractivity contribution in [3.63, 3.8) is 0 Å². The molecule has 0 spiro atoms. The van der Waals surface area contributed by atoms with Crippen LogP contribution in [0.2, 0.25) is 0 Å². The predicted octanol–water partition coefficient (Wildman–Crippen LogP) is 1.42. The van der Waals surface area contributed by atoms with Gasteiger partial charge in [0.1, 0.15) is 0 Å². The highest BCUT2D eigenvalue weighted by molar-refractivity contribution is 5.73. The molecule has 0 aliphatic carbocycles. The number of anilines is 1. The van der Waals surface area contributed by atoms with Crippen LogP contribution in [-0.2, 0) is 20.5 Å². The van der Waals surface area contributed by atoms with Crippen molar-refractivity contribution in [2.24, 2.45) is 20.0 Å². The molecule has 7 nitrogen and oxygen atoms in total. The maximum atomic E-state index is 12.3. The van der Waals surface area contributed by atoms with Gasteiger partial charge in [0.05, 0.1) is 0 Å². The van der Waals surface area contributed by atoms with E-state index >= 15 is 0 Å². The Labute approximate surface area is 150 Å². The molecule has 4 rings (SSSR count). The number of aromatic amines is 1. The van der Waals surface area contributed by atoms with Gasteiger partial charge in [-0.25, -0.2) is 4.79 Å². The molecule has 3 heterocycles. The number of aromatic nitrogens is 4. The fourth-order valence-corrected chi connectivity index (χ4v) is 3.76. The Morgan fingerprint density at radius 3 is 2.46 bits per heavy atom. The van der Waals surface area contributed by atoms with E-state index in [1.165, 1.54) is 17.2 Å². The molecule has 0 atom stereocenters. The Morgan fingerprint density at radius 2 is 1.77 bits per heavy atom. The van der Waals surface area contributed by atoms with Crippen LogP contribution in [0.25, 0.3) is 11.2 Å². The van der Waals surface area contributed by atoms with Crippen molar-refractivity contribution in [1.82, 2.24) is 19.1 Å². The van der Waals surface area contributed by atoms with Crippen molar-refractivity contribution in [1.29, 1.82) is 0 Å². The number of imidazole rings is 1. The summed E-state index contributed by atoms with van der Waals surface area (Å²) in [5, 5.41) is 0. The first-order valence-electron chi connectivity index (χ1n) is 8.99. The summed E-state index contributed by atoms with van der Waals surface area (Å²) >= 11 is 0. The van der Waals surface area contributed by atoms with E-state index in [2.05, 4.69) is 39.1 Å². The van der Waals surface area contributed by atoms with Crippen molar-refractivity contribution < 1.29 is 0 Å². The van der Waals surface area contributed by atoms with E-state index in [0.29, 0.717) is 23.0 Å². The number of H-pyrrole nitrogens is 1. The zero-order valence-corrected chi connectivity index (χ0v) is 15.1. The normalized spacial score (nSPS) is 15.7. The lowest BCUT2D eigenvalue weighted by Gasteiger charge is -2.31. The zero-order chi connectivity index (χ0) is 18.3. The quantitative estimate of drug-likeness (QED) is 0.773. The summed E-state index contributed by atoms with van der Waals surface area (Å²) in [4.78, 5) is 34.2. The maximum Gasteiger partial charge on any atom is 0.332 e. The minimum atomic E-state index is -0.359. The van der Waals surface area contributed by atoms with Crippen LogP contribution in [0.4, 0.5) is 5.95 Å². The highest BCUT2D eigenvalue weighted by Crippen LogP contribution is 2.25. The molecule has 7 heteroatoms. The van der Waals surface area contributed by atoms with Crippen molar-refractivity contribution >= 4 is 17.1 Å². The van der Waals surface area contributed by atoms with Gasteiger partial charge in [-0.15, -0.1) is 0 Å². The van der Waals surface area contributed by atoms with E-state index in [4.69, 9.17) is 0 Å². The molecule has 1 N–H and O–H groups in total. The van der Waals surface area contributed by atoms with Gasteiger partial charge in [0.25, 0.3) is 5.56 Å². The van der Waals surface area contributed by atoms with E-state index < -0.39 is 0 Å². The lowest BCUT2D eigenvalue weighted by Crippen LogP contribution is -2.36. The van der Waals surface area contributed by atoms with E-state index in [1.807, 2.05) is 6.07 Å². The SMILES string of the molecule is Cn1c(=O)c2[nH]c(N3CCC(Cc4ccccc4)CC3)nc2n(C)c1=O. The topological polar surface area (TPSA) is 75.9 Å². The molecule has 1 aliphatic rings. The molecule has 1 aromatic carbocycles. The Bertz CT molecular complexity index is 1040. The Morgan fingerprint density at radius 1 is 1.08 bits per heavy atom. The number of hydrogen-bond acceptors (Lipinski definition) is 4. The summed E-state index contributed by atoms with van der Waals surface area (Å²) in [5.41, 5.74) is 1.49. The highest BCUT2D eigenvalue weighted by atomic mass is 16.2. The van der Waals surface area contributed by atoms with E-state index in [1.54, 1.807) is 7.05 Å². The number of fused-ring (bicyclic) bond motifs is 1. The molecule has 0 unspecified atom stereocenters. The summed E-state index contributed by atoms with van der Waals surface area (Å²) in [7, 11) is 3.13. The molecule has 136 valence electrons. The van der Waals surface area contributed by atoms with E-state index in [9.17, 15) is 9.59 Å². The molecule has 1 aliphatic heterocycles. The van der Waals surface area contributed by atoms with Gasteiger partial charge in [-0.05, 0) is 30.7 Å². The molecule has 0 bridgehead atoms. The zero-order valence-electron chi connectivity index (χ0n) is 15.1. The predicted molar refractivity (Wildman–Crippen MR) is 102 cm³/mol. The summed E-state index contributed by atoms with van der Waals surface area (Å²) in [6.07, 6.45) is 3.27. The summed E-state index contributed by atoms with van der Waals surface area (Å²) in [6.45, 7) is 1.79. The molecule has 0 saturated carbocycles. The third-order valence-corrected chi connectivity index (χ3v) is 5.36. The fourth-order valence-electron chi connectivity index (χ4n) is 3.76. The Balaban J connectivity index is 1.53. The monoisotopic (exact) mass is 353 g/mol. The van der Waals surface area contributed by atoms with Crippen LogP contribution in [0.3, 0.4) is 0 Å². The van der Waals surface area contributed by atoms with Crippen LogP contribution in [0.1, 0.15) is 18.4 Å². The largest absolute Gasteiger partial charge is 0.342 e. The smallest absolute Gasteiger partial charge is 0.332 e. The molecular formula is C19H23N5O2. The van der Waals surface area contributed by atoms with Crippen molar-refractivity contribution in [2.45, 2.75) is 19.3 Å². The second kappa shape index (κ2) is 6.48. The molecular weight excluding hydrogens is 330 g/mol. The van der Waals surface area contributed by atoms with Gasteiger partial charge in [-0.1, -0.05) is 30.3 Å². The average molecular weight is 353 g/mol.